The highest BCUT2D eigenvalue weighted by Crippen LogP contribution is 2.22. The highest BCUT2D eigenvalue weighted by atomic mass is 16.5. The fourth-order valence-electron chi connectivity index (χ4n) is 8.59. The maximum atomic E-state index is 13.1. The van der Waals surface area contributed by atoms with Gasteiger partial charge in [-0.25, -0.2) is 0 Å². The molecule has 0 bridgehead atoms. The van der Waals surface area contributed by atoms with Crippen molar-refractivity contribution in [3.63, 3.8) is 0 Å². The lowest BCUT2D eigenvalue weighted by atomic mass is 9.94. The molecule has 0 aromatic heterocycles. The van der Waals surface area contributed by atoms with E-state index in [2.05, 4.69) is 51.5 Å². The van der Waals surface area contributed by atoms with Crippen LogP contribution in [0.15, 0.2) is 0 Å². The zero-order valence-corrected chi connectivity index (χ0v) is 41.8. The molecule has 60 heavy (non-hydrogen) atoms. The van der Waals surface area contributed by atoms with Gasteiger partial charge in [0.05, 0.1) is 25.6 Å². The highest BCUT2D eigenvalue weighted by Gasteiger charge is 2.19. The number of carbonyl (C=O) groups excluding carboxylic acids is 2. The first-order valence-electron chi connectivity index (χ1n) is 27.1. The zero-order chi connectivity index (χ0) is 44.0. The summed E-state index contributed by atoms with van der Waals surface area (Å²) in [6.45, 7) is 17.3. The third-order valence-corrected chi connectivity index (χ3v) is 13.1. The smallest absolute Gasteiger partial charge is 0.308 e. The van der Waals surface area contributed by atoms with Crippen molar-refractivity contribution in [3.8, 4) is 0 Å². The van der Waals surface area contributed by atoms with Crippen molar-refractivity contribution in [3.05, 3.63) is 0 Å². The first-order chi connectivity index (χ1) is 29.4. The number of hydrogen-bond donors (Lipinski definition) is 0. The first kappa shape index (κ1) is 58.9. The molecule has 0 saturated heterocycles. The fourth-order valence-corrected chi connectivity index (χ4v) is 8.59. The molecule has 0 heterocycles. The van der Waals surface area contributed by atoms with Crippen molar-refractivity contribution in [1.29, 1.82) is 0 Å². The number of likely N-dealkylation sites (N-methyl/N-ethyl adjacent to an activating group) is 1. The monoisotopic (exact) mass is 849 g/mol. The van der Waals surface area contributed by atoms with E-state index in [4.69, 9.17) is 9.47 Å². The van der Waals surface area contributed by atoms with Crippen LogP contribution in [-0.4, -0.2) is 74.7 Å². The lowest BCUT2D eigenvalue weighted by Crippen LogP contribution is -2.35. The van der Waals surface area contributed by atoms with Crippen LogP contribution < -0.4 is 0 Å². The van der Waals surface area contributed by atoms with Crippen LogP contribution in [0.5, 0.6) is 0 Å². The molecule has 0 aliphatic heterocycles. The molecule has 6 heteroatoms. The molecule has 2 unspecified atom stereocenters. The third kappa shape index (κ3) is 40.9. The molecular weight excluding hydrogens is 741 g/mol. The van der Waals surface area contributed by atoms with Crippen LogP contribution in [-0.2, 0) is 19.1 Å². The van der Waals surface area contributed by atoms with Crippen LogP contribution in [0.4, 0.5) is 0 Å². The van der Waals surface area contributed by atoms with Crippen molar-refractivity contribution in [1.82, 2.24) is 9.80 Å². The largest absolute Gasteiger partial charge is 0.465 e. The van der Waals surface area contributed by atoms with Crippen LogP contribution in [0.2, 0.25) is 0 Å². The third-order valence-electron chi connectivity index (χ3n) is 13.1. The summed E-state index contributed by atoms with van der Waals surface area (Å²) in [5, 5.41) is 0. The predicted octanol–water partition coefficient (Wildman–Crippen LogP) is 16.1. The van der Waals surface area contributed by atoms with Crippen molar-refractivity contribution < 1.29 is 19.1 Å². The van der Waals surface area contributed by atoms with Gasteiger partial charge in [0.2, 0.25) is 0 Å². The van der Waals surface area contributed by atoms with Gasteiger partial charge in [0.1, 0.15) is 0 Å². The van der Waals surface area contributed by atoms with Crippen molar-refractivity contribution >= 4 is 11.9 Å². The molecule has 6 nitrogen and oxygen atoms in total. The number of unbranched alkanes of at least 4 members (excludes halogenated alkanes) is 27. The summed E-state index contributed by atoms with van der Waals surface area (Å²) in [6, 6.07) is 0. The van der Waals surface area contributed by atoms with Gasteiger partial charge in [0.15, 0.2) is 0 Å². The average Bonchev–Trinajstić information content (AvgIpc) is 3.25. The van der Waals surface area contributed by atoms with Gasteiger partial charge < -0.3 is 19.3 Å². The lowest BCUT2D eigenvalue weighted by Gasteiger charge is -2.25. The summed E-state index contributed by atoms with van der Waals surface area (Å²) in [6.07, 6.45) is 46.0. The predicted molar refractivity (Wildman–Crippen MR) is 262 cm³/mol. The summed E-state index contributed by atoms with van der Waals surface area (Å²) >= 11 is 0. The van der Waals surface area contributed by atoms with E-state index in [0.717, 1.165) is 84.1 Å². The van der Waals surface area contributed by atoms with Gasteiger partial charge in [0.25, 0.3) is 0 Å². The Morgan fingerprint density at radius 3 is 1.28 bits per heavy atom. The van der Waals surface area contributed by atoms with Gasteiger partial charge in [-0.3, -0.25) is 9.59 Å². The Balaban J connectivity index is 4.74. The maximum absolute atomic E-state index is 13.1. The van der Waals surface area contributed by atoms with Crippen LogP contribution in [0, 0.1) is 11.8 Å². The minimum Gasteiger partial charge on any atom is -0.465 e. The minimum absolute atomic E-state index is 0.0187. The van der Waals surface area contributed by atoms with Gasteiger partial charge in [-0.2, -0.15) is 0 Å². The van der Waals surface area contributed by atoms with E-state index >= 15 is 0 Å². The van der Waals surface area contributed by atoms with Crippen LogP contribution in [0.1, 0.15) is 272 Å². The Labute approximate surface area is 376 Å². The molecular formula is C54H108N2O4. The molecule has 0 fully saturated rings. The molecule has 0 radical (unpaired) electrons. The Morgan fingerprint density at radius 2 is 0.817 bits per heavy atom. The van der Waals surface area contributed by atoms with E-state index in [1.807, 2.05) is 0 Å². The van der Waals surface area contributed by atoms with Crippen molar-refractivity contribution in [2.45, 2.75) is 272 Å². The molecule has 0 aromatic rings. The number of hydrogen-bond acceptors (Lipinski definition) is 6. The topological polar surface area (TPSA) is 59.1 Å². The van der Waals surface area contributed by atoms with E-state index in [-0.39, 0.29) is 17.9 Å². The SMILES string of the molecule is CCCCCCCCCCCCC(CCCCCCCCCC)COC(=O)CCN(CCCCCCOC(=O)C(CCCCCC)CCCCCCCC)CCN(C)CC. The van der Waals surface area contributed by atoms with Crippen LogP contribution in [0.3, 0.4) is 0 Å². The van der Waals surface area contributed by atoms with Gasteiger partial charge in [-0.1, -0.05) is 227 Å². The Bertz CT molecular complexity index is 884. The van der Waals surface area contributed by atoms with E-state index < -0.39 is 0 Å². The summed E-state index contributed by atoms with van der Waals surface area (Å²) < 4.78 is 11.9. The normalized spacial score (nSPS) is 12.7. The molecule has 0 N–H and O–H groups in total. The summed E-state index contributed by atoms with van der Waals surface area (Å²) in [5.74, 6) is 0.625. The number of esters is 2. The second-order valence-electron chi connectivity index (χ2n) is 19.0. The van der Waals surface area contributed by atoms with E-state index in [9.17, 15) is 9.59 Å². The molecule has 0 aliphatic carbocycles. The molecule has 2 atom stereocenters. The molecule has 0 aliphatic rings. The fraction of sp³-hybridized carbons (Fsp3) is 0.963. The van der Waals surface area contributed by atoms with Crippen LogP contribution in [0.25, 0.3) is 0 Å². The minimum atomic E-state index is -0.0187. The van der Waals surface area contributed by atoms with E-state index in [0.29, 0.717) is 25.6 Å². The first-order valence-corrected chi connectivity index (χ1v) is 27.1. The molecule has 0 spiro atoms. The van der Waals surface area contributed by atoms with Gasteiger partial charge in [0, 0.05) is 19.6 Å². The quantitative estimate of drug-likeness (QED) is 0.0449. The van der Waals surface area contributed by atoms with Gasteiger partial charge in [-0.05, 0) is 64.6 Å². The van der Waals surface area contributed by atoms with Gasteiger partial charge >= 0.3 is 11.9 Å². The number of rotatable bonds is 49. The standard InChI is InChI=1S/C54H108N2O4/c1-7-12-16-20-23-25-26-28-30-35-41-51(40-34-29-27-24-21-17-13-8-2)50-60-53(57)44-46-56(48-47-55(6)11-5)45-38-32-33-39-49-59-54(58)52(42-36-19-15-10-4)43-37-31-22-18-14-9-3/h51-52H,7-50H2,1-6H3. The van der Waals surface area contributed by atoms with Crippen molar-refractivity contribution in [2.24, 2.45) is 11.8 Å². The van der Waals surface area contributed by atoms with E-state index in [1.54, 1.807) is 0 Å². The second-order valence-corrected chi connectivity index (χ2v) is 19.0. The molecule has 358 valence electrons. The zero-order valence-electron chi connectivity index (χ0n) is 41.8. The van der Waals surface area contributed by atoms with Crippen LogP contribution >= 0.6 is 0 Å². The molecule has 0 aromatic carbocycles. The molecule has 0 rings (SSSR count). The Morgan fingerprint density at radius 1 is 0.417 bits per heavy atom. The summed E-state index contributed by atoms with van der Waals surface area (Å²) in [5.41, 5.74) is 0. The van der Waals surface area contributed by atoms with Crippen molar-refractivity contribution in [2.75, 3.05) is 53.0 Å². The number of nitrogens with zero attached hydrogens (tertiary/aromatic N) is 2. The second kappa shape index (κ2) is 47.3. The summed E-state index contributed by atoms with van der Waals surface area (Å²) in [7, 11) is 2.18. The molecule has 0 amide bonds. The molecule has 0 saturated carbocycles. The van der Waals surface area contributed by atoms with E-state index in [1.165, 1.54) is 180 Å². The number of carbonyl (C=O) groups is 2. The maximum Gasteiger partial charge on any atom is 0.308 e. The Kier molecular flexibility index (Phi) is 46.4. The Hall–Kier alpha value is -1.14. The van der Waals surface area contributed by atoms with Gasteiger partial charge in [-0.15, -0.1) is 0 Å². The summed E-state index contributed by atoms with van der Waals surface area (Å²) in [4.78, 5) is 31.0. The number of ether oxygens (including phenoxy) is 2. The highest BCUT2D eigenvalue weighted by molar-refractivity contribution is 5.72. The average molecular weight is 849 g/mol. The lowest BCUT2D eigenvalue weighted by molar-refractivity contribution is -0.149.